The van der Waals surface area contributed by atoms with Crippen LogP contribution in [0.2, 0.25) is 0 Å². The molecule has 3 heterocycles. The summed E-state index contributed by atoms with van der Waals surface area (Å²) in [5, 5.41) is 3.34. The molecule has 1 N–H and O–H groups in total. The van der Waals surface area contributed by atoms with Gasteiger partial charge in [0, 0.05) is 18.0 Å². The predicted octanol–water partition coefficient (Wildman–Crippen LogP) is 2.31. The van der Waals surface area contributed by atoms with E-state index in [0.717, 1.165) is 18.0 Å². The van der Waals surface area contributed by atoms with Crippen LogP contribution in [-0.4, -0.2) is 38.9 Å². The van der Waals surface area contributed by atoms with Crippen LogP contribution >= 0.6 is 23.7 Å². The summed E-state index contributed by atoms with van der Waals surface area (Å²) in [7, 11) is -3.30. The zero-order chi connectivity index (χ0) is 14.5. The first-order valence-corrected chi connectivity index (χ1v) is 9.35. The maximum Gasteiger partial charge on any atom is 0.252 e. The van der Waals surface area contributed by atoms with Gasteiger partial charge in [-0.15, -0.1) is 23.7 Å². The van der Waals surface area contributed by atoms with Crippen molar-refractivity contribution in [3.8, 4) is 0 Å². The highest BCUT2D eigenvalue weighted by atomic mass is 35.5. The van der Waals surface area contributed by atoms with Crippen molar-refractivity contribution in [1.29, 1.82) is 0 Å². The van der Waals surface area contributed by atoms with E-state index in [1.807, 2.05) is 6.07 Å². The van der Waals surface area contributed by atoms with Crippen LogP contribution in [0.5, 0.6) is 0 Å². The van der Waals surface area contributed by atoms with Crippen LogP contribution in [0.25, 0.3) is 0 Å². The summed E-state index contributed by atoms with van der Waals surface area (Å²) in [5.74, 6) is 0.985. The molecule has 7 heteroatoms. The van der Waals surface area contributed by atoms with Gasteiger partial charge in [-0.25, -0.2) is 8.42 Å². The average Bonchev–Trinajstić information content (AvgIpc) is 3.03. The van der Waals surface area contributed by atoms with Gasteiger partial charge in [-0.05, 0) is 42.5 Å². The number of nitrogens with one attached hydrogen (secondary N) is 1. The Morgan fingerprint density at radius 2 is 1.76 bits per heavy atom. The van der Waals surface area contributed by atoms with Crippen LogP contribution in [0.3, 0.4) is 0 Å². The lowest BCUT2D eigenvalue weighted by Gasteiger charge is -2.17. The highest BCUT2D eigenvalue weighted by Gasteiger charge is 2.42. The third kappa shape index (κ3) is 3.15. The Bertz CT molecular complexity index is 595. The molecule has 0 saturated carbocycles. The summed E-state index contributed by atoms with van der Waals surface area (Å²) in [4.78, 5) is 1.12. The minimum atomic E-state index is -3.30. The Morgan fingerprint density at radius 3 is 2.24 bits per heavy atom. The Kier molecular flexibility index (Phi) is 4.77. The SMILES string of the molecule is CC(C)(C)c1ccc(S(=O)(=O)N2C[C@H]3CNC[C@H]3C2)s1.Cl. The molecule has 0 amide bonds. The molecule has 1 aromatic heterocycles. The van der Waals surface area contributed by atoms with E-state index in [4.69, 9.17) is 0 Å². The van der Waals surface area contributed by atoms with Crippen LogP contribution in [0, 0.1) is 11.8 Å². The first kappa shape index (κ1) is 17.2. The van der Waals surface area contributed by atoms with Gasteiger partial charge in [0.15, 0.2) is 0 Å². The fourth-order valence-electron chi connectivity index (χ4n) is 3.00. The van der Waals surface area contributed by atoms with Gasteiger partial charge in [-0.3, -0.25) is 0 Å². The maximum absolute atomic E-state index is 12.7. The molecule has 0 bridgehead atoms. The number of rotatable bonds is 2. The number of thiophene rings is 1. The Labute approximate surface area is 137 Å². The van der Waals surface area contributed by atoms with E-state index in [2.05, 4.69) is 26.1 Å². The highest BCUT2D eigenvalue weighted by molar-refractivity contribution is 7.91. The quantitative estimate of drug-likeness (QED) is 0.890. The fourth-order valence-corrected chi connectivity index (χ4v) is 6.07. The lowest BCUT2D eigenvalue weighted by Crippen LogP contribution is -2.31. The van der Waals surface area contributed by atoms with E-state index in [1.54, 1.807) is 10.4 Å². The second-order valence-corrected chi connectivity index (χ2v) is 10.1. The van der Waals surface area contributed by atoms with Gasteiger partial charge in [-0.1, -0.05) is 20.8 Å². The maximum atomic E-state index is 12.7. The predicted molar refractivity (Wildman–Crippen MR) is 88.9 cm³/mol. The number of hydrogen-bond acceptors (Lipinski definition) is 4. The Balaban J connectivity index is 0.00000161. The Morgan fingerprint density at radius 1 is 1.19 bits per heavy atom. The second kappa shape index (κ2) is 5.81. The largest absolute Gasteiger partial charge is 0.316 e. The second-order valence-electron chi connectivity index (χ2n) is 6.87. The van der Waals surface area contributed by atoms with E-state index in [1.165, 1.54) is 11.3 Å². The minimum absolute atomic E-state index is 0. The van der Waals surface area contributed by atoms with E-state index in [-0.39, 0.29) is 17.8 Å². The van der Waals surface area contributed by atoms with Crippen molar-refractivity contribution >= 4 is 33.8 Å². The smallest absolute Gasteiger partial charge is 0.252 e. The minimum Gasteiger partial charge on any atom is -0.316 e. The molecule has 0 aromatic carbocycles. The van der Waals surface area contributed by atoms with Crippen LogP contribution < -0.4 is 5.32 Å². The molecule has 4 nitrogen and oxygen atoms in total. The molecule has 0 aliphatic carbocycles. The van der Waals surface area contributed by atoms with Gasteiger partial charge >= 0.3 is 0 Å². The molecule has 1 aromatic rings. The number of hydrogen-bond donors (Lipinski definition) is 1. The van der Waals surface area contributed by atoms with Crippen molar-refractivity contribution in [3.63, 3.8) is 0 Å². The normalized spacial score (nSPS) is 26.6. The van der Waals surface area contributed by atoms with Crippen molar-refractivity contribution in [2.24, 2.45) is 11.8 Å². The van der Waals surface area contributed by atoms with Crippen LogP contribution in [-0.2, 0) is 15.4 Å². The summed E-state index contributed by atoms with van der Waals surface area (Å²) in [6, 6.07) is 3.73. The summed E-state index contributed by atoms with van der Waals surface area (Å²) in [5.41, 5.74) is 0.00384. The molecule has 0 spiro atoms. The topological polar surface area (TPSA) is 49.4 Å². The number of nitrogens with zero attached hydrogens (tertiary/aromatic N) is 1. The van der Waals surface area contributed by atoms with E-state index >= 15 is 0 Å². The zero-order valence-electron chi connectivity index (χ0n) is 12.6. The number of fused-ring (bicyclic) bond motifs is 1. The van der Waals surface area contributed by atoms with Gasteiger partial charge in [0.1, 0.15) is 4.21 Å². The molecule has 2 fully saturated rings. The van der Waals surface area contributed by atoms with Crippen LogP contribution in [0.4, 0.5) is 0 Å². The van der Waals surface area contributed by atoms with E-state index < -0.39 is 10.0 Å². The van der Waals surface area contributed by atoms with Gasteiger partial charge in [-0.2, -0.15) is 4.31 Å². The first-order chi connectivity index (χ1) is 9.28. The van der Waals surface area contributed by atoms with Crippen molar-refractivity contribution in [2.75, 3.05) is 26.2 Å². The Hall–Kier alpha value is -0.140. The molecule has 0 unspecified atom stereocenters. The number of halogens is 1. The zero-order valence-corrected chi connectivity index (χ0v) is 15.1. The fraction of sp³-hybridized carbons (Fsp3) is 0.714. The van der Waals surface area contributed by atoms with E-state index in [0.29, 0.717) is 29.1 Å². The van der Waals surface area contributed by atoms with Crippen molar-refractivity contribution in [2.45, 2.75) is 30.4 Å². The van der Waals surface area contributed by atoms with Gasteiger partial charge in [0.05, 0.1) is 0 Å². The summed E-state index contributed by atoms with van der Waals surface area (Å²) in [6.45, 7) is 9.58. The lowest BCUT2D eigenvalue weighted by atomic mass is 9.95. The standard InChI is InChI=1S/C14H22N2O2S2.ClH/c1-14(2,3)12-4-5-13(19-12)20(17,18)16-8-10-6-15-7-11(10)9-16;/h4-5,10-11,15H,6-9H2,1-3H3;1H/t10-,11+;. The number of sulfonamides is 1. The van der Waals surface area contributed by atoms with Crippen LogP contribution in [0.1, 0.15) is 25.6 Å². The monoisotopic (exact) mass is 350 g/mol. The average molecular weight is 351 g/mol. The molecule has 120 valence electrons. The van der Waals surface area contributed by atoms with Crippen molar-refractivity contribution in [3.05, 3.63) is 17.0 Å². The third-order valence-electron chi connectivity index (χ3n) is 4.27. The lowest BCUT2D eigenvalue weighted by molar-refractivity contribution is 0.449. The molecular weight excluding hydrogens is 328 g/mol. The molecular formula is C14H23ClN2O2S2. The van der Waals surface area contributed by atoms with Gasteiger partial charge in [0.2, 0.25) is 0 Å². The highest BCUT2D eigenvalue weighted by Crippen LogP contribution is 2.36. The molecule has 3 rings (SSSR count). The van der Waals surface area contributed by atoms with Crippen molar-refractivity contribution < 1.29 is 8.42 Å². The summed E-state index contributed by atoms with van der Waals surface area (Å²) >= 11 is 1.42. The molecule has 2 atom stereocenters. The molecule has 21 heavy (non-hydrogen) atoms. The molecule has 0 radical (unpaired) electrons. The van der Waals surface area contributed by atoms with Gasteiger partial charge in [0.25, 0.3) is 10.0 Å². The first-order valence-electron chi connectivity index (χ1n) is 7.09. The summed E-state index contributed by atoms with van der Waals surface area (Å²) in [6.07, 6.45) is 0. The van der Waals surface area contributed by atoms with Crippen molar-refractivity contribution in [1.82, 2.24) is 9.62 Å². The van der Waals surface area contributed by atoms with E-state index in [9.17, 15) is 8.42 Å². The molecule has 2 aliphatic rings. The van der Waals surface area contributed by atoms with Crippen LogP contribution in [0.15, 0.2) is 16.3 Å². The molecule has 2 aliphatic heterocycles. The molecule has 2 saturated heterocycles. The summed E-state index contributed by atoms with van der Waals surface area (Å²) < 4.78 is 27.6. The third-order valence-corrected chi connectivity index (χ3v) is 8.08. The van der Waals surface area contributed by atoms with Gasteiger partial charge < -0.3 is 5.32 Å².